The van der Waals surface area contributed by atoms with Crippen LogP contribution in [-0.2, 0) is 31.5 Å². The van der Waals surface area contributed by atoms with Crippen molar-refractivity contribution >= 4 is 20.0 Å². The first kappa shape index (κ1) is 29.7. The molecule has 0 aliphatic carbocycles. The Bertz CT molecular complexity index is 1050. The summed E-state index contributed by atoms with van der Waals surface area (Å²) < 4.78 is 28.2. The number of nitro groups is 1. The van der Waals surface area contributed by atoms with E-state index in [0.29, 0.717) is 39.1 Å². The number of ether oxygens (including phenoxy) is 2. The van der Waals surface area contributed by atoms with E-state index in [1.807, 2.05) is 44.2 Å². The first-order valence-corrected chi connectivity index (χ1v) is 13.9. The number of nitro benzene ring substituents is 1. The number of carbonyl (C=O) groups is 1. The second-order valence-corrected chi connectivity index (χ2v) is 10.5. The van der Waals surface area contributed by atoms with Gasteiger partial charge >= 0.3 is 14.3 Å². The summed E-state index contributed by atoms with van der Waals surface area (Å²) in [6.45, 7) is 6.25. The van der Waals surface area contributed by atoms with Gasteiger partial charge in [-0.1, -0.05) is 56.3 Å². The molecule has 0 saturated carbocycles. The van der Waals surface area contributed by atoms with E-state index in [1.165, 1.54) is 12.1 Å². The summed E-state index contributed by atoms with van der Waals surface area (Å²) in [5.41, 5.74) is 1.77. The van der Waals surface area contributed by atoms with Crippen molar-refractivity contribution in [2.75, 3.05) is 26.3 Å². The minimum absolute atomic E-state index is 0.00236. The zero-order valence-electron chi connectivity index (χ0n) is 21.7. The molecule has 1 aliphatic rings. The number of rotatable bonds is 14. The molecule has 2 N–H and O–H groups in total. The quantitative estimate of drug-likeness (QED) is 0.204. The molecule has 0 radical (unpaired) electrons. The lowest BCUT2D eigenvalue weighted by atomic mass is 10.0. The molecule has 1 saturated heterocycles. The number of benzene rings is 2. The summed E-state index contributed by atoms with van der Waals surface area (Å²) in [6.07, 6.45) is -0.861. The molecule has 208 valence electrons. The predicted octanol–water partition coefficient (Wildman–Crippen LogP) is 3.95. The van der Waals surface area contributed by atoms with Gasteiger partial charge in [-0.05, 0) is 23.5 Å². The van der Waals surface area contributed by atoms with Crippen LogP contribution in [0.25, 0.3) is 0 Å². The SMILES string of the molecule is CC(C)CN(Cc1ccc([N+](=O)[O-])cc1)C[C@@H](O[PH](=O)O)[C@H](Cc1ccccc1)NC(=O)O[C@H]1CCOC1. The van der Waals surface area contributed by atoms with Crippen molar-refractivity contribution in [3.05, 3.63) is 75.8 Å². The monoisotopic (exact) mass is 549 g/mol. The van der Waals surface area contributed by atoms with Crippen LogP contribution in [0.15, 0.2) is 54.6 Å². The Morgan fingerprint density at radius 3 is 2.47 bits per heavy atom. The van der Waals surface area contributed by atoms with Gasteiger partial charge in [0.05, 0.1) is 24.2 Å². The Hall–Kier alpha value is -2.82. The number of nitrogens with one attached hydrogen (secondary N) is 1. The second-order valence-electron chi connectivity index (χ2n) is 9.77. The molecule has 2 aromatic rings. The largest absolute Gasteiger partial charge is 0.444 e. The van der Waals surface area contributed by atoms with E-state index >= 15 is 0 Å². The molecule has 1 amide bonds. The van der Waals surface area contributed by atoms with Crippen LogP contribution in [0.4, 0.5) is 10.5 Å². The minimum Gasteiger partial charge on any atom is -0.444 e. The van der Waals surface area contributed by atoms with Gasteiger partial charge in [0.1, 0.15) is 12.2 Å². The van der Waals surface area contributed by atoms with E-state index in [0.717, 1.165) is 11.1 Å². The smallest absolute Gasteiger partial charge is 0.407 e. The fraction of sp³-hybridized carbons (Fsp3) is 0.500. The van der Waals surface area contributed by atoms with Gasteiger partial charge < -0.3 is 24.2 Å². The van der Waals surface area contributed by atoms with Crippen molar-refractivity contribution in [1.29, 1.82) is 0 Å². The standard InChI is InChI=1S/C26H36N3O8P/c1-19(2)15-28(16-21-8-10-22(11-9-21)29(31)32)17-25(37-38(33)34)24(14-20-6-4-3-5-7-20)27-26(30)36-23-12-13-35-18-23/h3-11,19,23-25,38H,12-18H2,1-2H3,(H,27,30)(H,33,34)/t23-,24-,25+/m0/s1. The highest BCUT2D eigenvalue weighted by Gasteiger charge is 2.30. The first-order valence-electron chi connectivity index (χ1n) is 12.6. The molecular weight excluding hydrogens is 513 g/mol. The Kier molecular flexibility index (Phi) is 11.7. The van der Waals surface area contributed by atoms with Crippen molar-refractivity contribution in [1.82, 2.24) is 10.2 Å². The molecule has 0 spiro atoms. The van der Waals surface area contributed by atoms with E-state index in [-0.39, 0.29) is 24.3 Å². The van der Waals surface area contributed by atoms with Gasteiger partial charge in [-0.25, -0.2) is 4.79 Å². The summed E-state index contributed by atoms with van der Waals surface area (Å²) in [7, 11) is -3.35. The number of carbonyl (C=O) groups excluding carboxylic acids is 1. The van der Waals surface area contributed by atoms with Crippen LogP contribution < -0.4 is 5.32 Å². The fourth-order valence-electron chi connectivity index (χ4n) is 4.42. The maximum Gasteiger partial charge on any atom is 0.407 e. The molecule has 12 heteroatoms. The predicted molar refractivity (Wildman–Crippen MR) is 142 cm³/mol. The van der Waals surface area contributed by atoms with Crippen molar-refractivity contribution in [2.45, 2.75) is 51.5 Å². The maximum absolute atomic E-state index is 12.8. The fourth-order valence-corrected chi connectivity index (χ4v) is 4.92. The van der Waals surface area contributed by atoms with Crippen LogP contribution in [0, 0.1) is 16.0 Å². The summed E-state index contributed by atoms with van der Waals surface area (Å²) >= 11 is 0. The molecule has 0 bridgehead atoms. The Labute approximate surface area is 223 Å². The van der Waals surface area contributed by atoms with Gasteiger partial charge in [0, 0.05) is 38.2 Å². The van der Waals surface area contributed by atoms with Gasteiger partial charge in [0.15, 0.2) is 0 Å². The number of non-ortho nitro benzene ring substituents is 1. The minimum atomic E-state index is -3.35. The third kappa shape index (κ3) is 10.2. The van der Waals surface area contributed by atoms with E-state index in [9.17, 15) is 24.4 Å². The van der Waals surface area contributed by atoms with Crippen LogP contribution in [0.2, 0.25) is 0 Å². The van der Waals surface area contributed by atoms with Crippen LogP contribution in [-0.4, -0.2) is 65.4 Å². The molecule has 2 aromatic carbocycles. The Morgan fingerprint density at radius 1 is 1.18 bits per heavy atom. The molecule has 4 atom stereocenters. The maximum atomic E-state index is 12.8. The lowest BCUT2D eigenvalue weighted by Crippen LogP contribution is -2.51. The van der Waals surface area contributed by atoms with Crippen LogP contribution in [0.1, 0.15) is 31.4 Å². The van der Waals surface area contributed by atoms with Gasteiger partial charge in [0.25, 0.3) is 5.69 Å². The molecular formula is C26H36N3O8P. The number of hydrogen-bond acceptors (Lipinski definition) is 8. The molecule has 3 rings (SSSR count). The van der Waals surface area contributed by atoms with Gasteiger partial charge in [-0.3, -0.25) is 19.6 Å². The number of amides is 1. The Morgan fingerprint density at radius 2 is 1.89 bits per heavy atom. The van der Waals surface area contributed by atoms with Crippen LogP contribution >= 0.6 is 8.25 Å². The average molecular weight is 550 g/mol. The van der Waals surface area contributed by atoms with E-state index < -0.39 is 31.4 Å². The van der Waals surface area contributed by atoms with Crippen molar-refractivity contribution in [2.24, 2.45) is 5.92 Å². The van der Waals surface area contributed by atoms with Crippen LogP contribution in [0.3, 0.4) is 0 Å². The molecule has 11 nitrogen and oxygen atoms in total. The highest BCUT2D eigenvalue weighted by atomic mass is 31.1. The lowest BCUT2D eigenvalue weighted by Gasteiger charge is -2.33. The van der Waals surface area contributed by atoms with Crippen LogP contribution in [0.5, 0.6) is 0 Å². The van der Waals surface area contributed by atoms with Crippen molar-refractivity contribution in [3.63, 3.8) is 0 Å². The average Bonchev–Trinajstić information content (AvgIpc) is 3.36. The molecule has 1 unspecified atom stereocenters. The summed E-state index contributed by atoms with van der Waals surface area (Å²) in [4.78, 5) is 35.2. The summed E-state index contributed by atoms with van der Waals surface area (Å²) in [6, 6.07) is 15.1. The van der Waals surface area contributed by atoms with E-state index in [1.54, 1.807) is 12.1 Å². The third-order valence-corrected chi connectivity index (χ3v) is 6.58. The second kappa shape index (κ2) is 14.9. The molecule has 1 fully saturated rings. The van der Waals surface area contributed by atoms with Crippen molar-refractivity contribution < 1.29 is 33.2 Å². The van der Waals surface area contributed by atoms with Gasteiger partial charge in [0.2, 0.25) is 0 Å². The van der Waals surface area contributed by atoms with Gasteiger partial charge in [-0.2, -0.15) is 0 Å². The number of hydrogen-bond donors (Lipinski definition) is 2. The molecule has 1 aliphatic heterocycles. The highest BCUT2D eigenvalue weighted by molar-refractivity contribution is 7.32. The molecule has 38 heavy (non-hydrogen) atoms. The van der Waals surface area contributed by atoms with Gasteiger partial charge in [-0.15, -0.1) is 0 Å². The Balaban J connectivity index is 1.82. The zero-order valence-corrected chi connectivity index (χ0v) is 22.7. The highest BCUT2D eigenvalue weighted by Crippen LogP contribution is 2.24. The normalized spacial score (nSPS) is 17.8. The van der Waals surface area contributed by atoms with E-state index in [4.69, 9.17) is 14.0 Å². The lowest BCUT2D eigenvalue weighted by molar-refractivity contribution is -0.384. The number of nitrogens with zero attached hydrogens (tertiary/aromatic N) is 2. The van der Waals surface area contributed by atoms with Crippen molar-refractivity contribution in [3.8, 4) is 0 Å². The summed E-state index contributed by atoms with van der Waals surface area (Å²) in [5, 5.41) is 13.9. The number of alkyl carbamates (subject to hydrolysis) is 1. The molecule has 1 heterocycles. The van der Waals surface area contributed by atoms with E-state index in [2.05, 4.69) is 10.2 Å². The first-order chi connectivity index (χ1) is 18.2. The zero-order chi connectivity index (χ0) is 27.5. The molecule has 0 aromatic heterocycles. The topological polar surface area (TPSA) is 140 Å². The summed E-state index contributed by atoms with van der Waals surface area (Å²) in [5.74, 6) is 0.257. The third-order valence-electron chi connectivity index (χ3n) is 6.08.